The van der Waals surface area contributed by atoms with E-state index in [2.05, 4.69) is 15.2 Å². The van der Waals surface area contributed by atoms with Gasteiger partial charge in [0.1, 0.15) is 18.2 Å². The summed E-state index contributed by atoms with van der Waals surface area (Å²) in [6, 6.07) is 13.3. The Morgan fingerprint density at radius 3 is 2.88 bits per heavy atom. The Bertz CT molecular complexity index is 882. The monoisotopic (exact) mass is 357 g/mol. The van der Waals surface area contributed by atoms with Gasteiger partial charge in [-0.15, -0.1) is 5.10 Å². The van der Waals surface area contributed by atoms with Gasteiger partial charge in [0.15, 0.2) is 11.6 Å². The van der Waals surface area contributed by atoms with Gasteiger partial charge in [0.2, 0.25) is 5.16 Å². The van der Waals surface area contributed by atoms with Crippen molar-refractivity contribution in [2.45, 2.75) is 18.7 Å². The average Bonchev–Trinajstić information content (AvgIpc) is 3.07. The second-order valence-electron chi connectivity index (χ2n) is 5.34. The Labute approximate surface area is 148 Å². The van der Waals surface area contributed by atoms with Crippen molar-refractivity contribution in [1.82, 2.24) is 15.2 Å². The predicted octanol–water partition coefficient (Wildman–Crippen LogP) is 3.81. The Balaban J connectivity index is 1.53. The number of carbonyl (C=O) groups excluding carboxylic acids is 1. The van der Waals surface area contributed by atoms with Crippen LogP contribution in [-0.4, -0.2) is 26.7 Å². The summed E-state index contributed by atoms with van der Waals surface area (Å²) in [5.41, 5.74) is 1.38. The largest absolute Gasteiger partial charge is 0.485 e. The molecular weight excluding hydrogens is 341 g/mol. The Morgan fingerprint density at radius 1 is 1.24 bits per heavy atom. The van der Waals surface area contributed by atoms with Gasteiger partial charge >= 0.3 is 0 Å². The fourth-order valence-electron chi connectivity index (χ4n) is 2.15. The van der Waals surface area contributed by atoms with Crippen LogP contribution in [0.3, 0.4) is 0 Å². The van der Waals surface area contributed by atoms with Crippen LogP contribution in [0.15, 0.2) is 53.7 Å². The highest BCUT2D eigenvalue weighted by Gasteiger charge is 2.11. The van der Waals surface area contributed by atoms with Crippen LogP contribution < -0.4 is 4.74 Å². The quantitative estimate of drug-likeness (QED) is 0.514. The molecule has 0 radical (unpaired) electrons. The molecule has 0 aliphatic carbocycles. The molecule has 1 aromatic heterocycles. The molecule has 0 saturated carbocycles. The average molecular weight is 357 g/mol. The first-order chi connectivity index (χ1) is 12.1. The summed E-state index contributed by atoms with van der Waals surface area (Å²) in [6.07, 6.45) is 0. The number of ether oxygens (including phenoxy) is 1. The number of aromatic nitrogens is 3. The number of nitrogens with one attached hydrogen (secondary N) is 1. The fraction of sp³-hybridized carbons (Fsp3) is 0.167. The first-order valence-corrected chi connectivity index (χ1v) is 8.61. The van der Waals surface area contributed by atoms with Crippen LogP contribution in [0, 0.1) is 12.7 Å². The molecule has 0 atom stereocenters. The Kier molecular flexibility index (Phi) is 5.45. The van der Waals surface area contributed by atoms with E-state index >= 15 is 0 Å². The molecule has 1 N–H and O–H groups in total. The zero-order chi connectivity index (χ0) is 17.6. The maximum Gasteiger partial charge on any atom is 0.208 e. The number of aryl methyl sites for hydroxylation is 1. The van der Waals surface area contributed by atoms with Crippen molar-refractivity contribution in [2.75, 3.05) is 5.75 Å². The number of para-hydroxylation sites is 1. The molecule has 25 heavy (non-hydrogen) atoms. The number of hydrogen-bond acceptors (Lipinski definition) is 5. The maximum atomic E-state index is 13.1. The summed E-state index contributed by atoms with van der Waals surface area (Å²) in [7, 11) is 0. The number of rotatable bonds is 7. The number of carbonyl (C=O) groups is 1. The molecule has 0 spiro atoms. The maximum absolute atomic E-state index is 13.1. The van der Waals surface area contributed by atoms with E-state index in [1.54, 1.807) is 6.07 Å². The third-order valence-corrected chi connectivity index (χ3v) is 4.30. The van der Waals surface area contributed by atoms with Gasteiger partial charge in [-0.05, 0) is 30.7 Å². The lowest BCUT2D eigenvalue weighted by molar-refractivity contribution is 0.102. The number of thioether (sulfide) groups is 1. The molecule has 0 fully saturated rings. The van der Waals surface area contributed by atoms with E-state index in [0.29, 0.717) is 16.5 Å². The number of nitrogens with zero attached hydrogens (tertiary/aromatic N) is 2. The van der Waals surface area contributed by atoms with E-state index in [1.165, 1.54) is 30.0 Å². The highest BCUT2D eigenvalue weighted by atomic mass is 32.2. The molecule has 5 nitrogen and oxygen atoms in total. The van der Waals surface area contributed by atoms with Crippen molar-refractivity contribution in [1.29, 1.82) is 0 Å². The first kappa shape index (κ1) is 17.2. The smallest absolute Gasteiger partial charge is 0.208 e. The minimum Gasteiger partial charge on any atom is -0.485 e. The van der Waals surface area contributed by atoms with Gasteiger partial charge in [-0.3, -0.25) is 9.89 Å². The van der Waals surface area contributed by atoms with Gasteiger partial charge < -0.3 is 4.74 Å². The third-order valence-electron chi connectivity index (χ3n) is 3.45. The number of halogens is 1. The molecule has 2 aromatic carbocycles. The molecular formula is C18H16FN3O2S. The van der Waals surface area contributed by atoms with E-state index in [1.807, 2.05) is 31.2 Å². The Hall–Kier alpha value is -2.67. The van der Waals surface area contributed by atoms with Crippen molar-refractivity contribution in [2.24, 2.45) is 0 Å². The predicted molar refractivity (Wildman–Crippen MR) is 93.3 cm³/mol. The summed E-state index contributed by atoms with van der Waals surface area (Å²) < 4.78 is 18.8. The zero-order valence-electron chi connectivity index (χ0n) is 13.5. The molecule has 0 aliphatic rings. The van der Waals surface area contributed by atoms with Gasteiger partial charge in [0.05, 0.1) is 5.75 Å². The standard InChI is InChI=1S/C18H16FN3O2S/c1-12-5-2-3-8-16(12)24-10-17-20-18(22-21-17)25-11-15(23)13-6-4-7-14(19)9-13/h2-9H,10-11H2,1H3,(H,20,21,22). The van der Waals surface area contributed by atoms with Crippen LogP contribution in [0.5, 0.6) is 5.75 Å². The molecule has 128 valence electrons. The van der Waals surface area contributed by atoms with Crippen molar-refractivity contribution < 1.29 is 13.9 Å². The summed E-state index contributed by atoms with van der Waals surface area (Å²) >= 11 is 1.19. The fourth-order valence-corrected chi connectivity index (χ4v) is 2.86. The lowest BCUT2D eigenvalue weighted by atomic mass is 10.1. The van der Waals surface area contributed by atoms with Crippen LogP contribution in [0.25, 0.3) is 0 Å². The van der Waals surface area contributed by atoms with Crippen LogP contribution in [0.1, 0.15) is 21.7 Å². The number of ketones is 1. The van der Waals surface area contributed by atoms with Gasteiger partial charge in [0, 0.05) is 5.56 Å². The molecule has 0 saturated heterocycles. The summed E-state index contributed by atoms with van der Waals surface area (Å²) in [4.78, 5) is 16.3. The van der Waals surface area contributed by atoms with E-state index in [4.69, 9.17) is 4.74 Å². The van der Waals surface area contributed by atoms with Crippen molar-refractivity contribution >= 4 is 17.5 Å². The number of H-pyrrole nitrogens is 1. The first-order valence-electron chi connectivity index (χ1n) is 7.63. The Morgan fingerprint density at radius 2 is 2.08 bits per heavy atom. The highest BCUT2D eigenvalue weighted by molar-refractivity contribution is 7.99. The zero-order valence-corrected chi connectivity index (χ0v) is 14.3. The number of aromatic amines is 1. The minimum absolute atomic E-state index is 0.138. The second kappa shape index (κ2) is 7.94. The summed E-state index contributed by atoms with van der Waals surface area (Å²) in [5.74, 6) is 0.897. The van der Waals surface area contributed by atoms with Crippen molar-refractivity contribution in [3.63, 3.8) is 0 Å². The molecule has 3 rings (SSSR count). The molecule has 3 aromatic rings. The number of hydrogen-bond donors (Lipinski definition) is 1. The molecule has 7 heteroatoms. The van der Waals surface area contributed by atoms with Gasteiger partial charge in [-0.25, -0.2) is 9.37 Å². The van der Waals surface area contributed by atoms with Gasteiger partial charge in [-0.2, -0.15) is 0 Å². The summed E-state index contributed by atoms with van der Waals surface area (Å²) in [5, 5.41) is 7.30. The van der Waals surface area contributed by atoms with Crippen LogP contribution >= 0.6 is 11.8 Å². The van der Waals surface area contributed by atoms with Gasteiger partial charge in [-0.1, -0.05) is 42.1 Å². The normalized spacial score (nSPS) is 10.6. The van der Waals surface area contributed by atoms with Gasteiger partial charge in [0.25, 0.3) is 0 Å². The van der Waals surface area contributed by atoms with E-state index in [0.717, 1.165) is 11.3 Å². The van der Waals surface area contributed by atoms with Crippen LogP contribution in [0.2, 0.25) is 0 Å². The molecule has 0 aliphatic heterocycles. The lowest BCUT2D eigenvalue weighted by Gasteiger charge is -2.06. The number of Topliss-reactive ketones (excluding diaryl/α,β-unsaturated/α-hetero) is 1. The van der Waals surface area contributed by atoms with Crippen LogP contribution in [0.4, 0.5) is 4.39 Å². The number of benzene rings is 2. The molecule has 0 amide bonds. The molecule has 0 bridgehead atoms. The minimum atomic E-state index is -0.426. The topological polar surface area (TPSA) is 67.9 Å². The van der Waals surface area contributed by atoms with Crippen LogP contribution in [-0.2, 0) is 6.61 Å². The van der Waals surface area contributed by atoms with E-state index in [-0.39, 0.29) is 18.1 Å². The van der Waals surface area contributed by atoms with Crippen molar-refractivity contribution in [3.05, 3.63) is 71.3 Å². The third kappa shape index (κ3) is 4.67. The summed E-state index contributed by atoms with van der Waals surface area (Å²) in [6.45, 7) is 2.23. The molecule has 1 heterocycles. The van der Waals surface area contributed by atoms with Crippen molar-refractivity contribution in [3.8, 4) is 5.75 Å². The lowest BCUT2D eigenvalue weighted by Crippen LogP contribution is -2.03. The van der Waals surface area contributed by atoms with E-state index < -0.39 is 5.82 Å². The second-order valence-corrected chi connectivity index (χ2v) is 6.28. The van der Waals surface area contributed by atoms with E-state index in [9.17, 15) is 9.18 Å². The SMILES string of the molecule is Cc1ccccc1OCc1nc(SCC(=O)c2cccc(F)c2)n[nH]1. The highest BCUT2D eigenvalue weighted by Crippen LogP contribution is 2.19. The molecule has 0 unspecified atom stereocenters.